The molecule has 100 valence electrons. The number of hydrogen-bond acceptors (Lipinski definition) is 3. The van der Waals surface area contributed by atoms with Gasteiger partial charge in [-0.05, 0) is 36.8 Å². The third-order valence-corrected chi connectivity index (χ3v) is 5.01. The van der Waals surface area contributed by atoms with Gasteiger partial charge in [0.2, 0.25) is 10.0 Å². The molecule has 1 N–H and O–H groups in total. The fourth-order valence-electron chi connectivity index (χ4n) is 2.34. The Kier molecular flexibility index (Phi) is 4.25. The third kappa shape index (κ3) is 3.43. The van der Waals surface area contributed by atoms with Crippen molar-refractivity contribution in [1.29, 1.82) is 0 Å². The summed E-state index contributed by atoms with van der Waals surface area (Å²) >= 11 is 5.63. The number of aromatic nitrogens is 1. The molecule has 2 unspecified atom stereocenters. The molecule has 4 nitrogen and oxygen atoms in total. The fraction of sp³-hybridized carbons (Fsp3) is 0.583. The van der Waals surface area contributed by atoms with Crippen LogP contribution in [0.1, 0.15) is 26.2 Å². The second kappa shape index (κ2) is 5.55. The molecule has 1 aliphatic rings. The van der Waals surface area contributed by atoms with E-state index in [0.717, 1.165) is 12.8 Å². The molecule has 2 rings (SSSR count). The SMILES string of the molecule is CC1CCC(CNS(=O)(=O)c2ccc(Cl)nc2)C1. The maximum absolute atomic E-state index is 12.0. The van der Waals surface area contributed by atoms with Crippen molar-refractivity contribution >= 4 is 21.6 Å². The van der Waals surface area contributed by atoms with Gasteiger partial charge in [0.15, 0.2) is 0 Å². The fourth-order valence-corrected chi connectivity index (χ4v) is 3.51. The zero-order valence-electron chi connectivity index (χ0n) is 10.3. The van der Waals surface area contributed by atoms with E-state index in [4.69, 9.17) is 11.6 Å². The van der Waals surface area contributed by atoms with Crippen LogP contribution in [0.2, 0.25) is 5.15 Å². The quantitative estimate of drug-likeness (QED) is 0.866. The molecule has 0 amide bonds. The summed E-state index contributed by atoms with van der Waals surface area (Å²) in [6.07, 6.45) is 4.67. The summed E-state index contributed by atoms with van der Waals surface area (Å²) in [7, 11) is -3.45. The molecule has 1 saturated carbocycles. The van der Waals surface area contributed by atoms with Gasteiger partial charge >= 0.3 is 0 Å². The van der Waals surface area contributed by atoms with Gasteiger partial charge < -0.3 is 0 Å². The average molecular weight is 289 g/mol. The number of pyridine rings is 1. The largest absolute Gasteiger partial charge is 0.243 e. The minimum atomic E-state index is -3.45. The van der Waals surface area contributed by atoms with Gasteiger partial charge in [0, 0.05) is 12.7 Å². The first kappa shape index (κ1) is 13.8. The van der Waals surface area contributed by atoms with Crippen LogP contribution >= 0.6 is 11.6 Å². The van der Waals surface area contributed by atoms with Crippen molar-refractivity contribution < 1.29 is 8.42 Å². The van der Waals surface area contributed by atoms with Crippen molar-refractivity contribution in [2.45, 2.75) is 31.1 Å². The van der Waals surface area contributed by atoms with Crippen LogP contribution in [0.25, 0.3) is 0 Å². The summed E-state index contributed by atoms with van der Waals surface area (Å²) in [4.78, 5) is 3.95. The topological polar surface area (TPSA) is 59.1 Å². The summed E-state index contributed by atoms with van der Waals surface area (Å²) in [6.45, 7) is 2.72. The molecule has 18 heavy (non-hydrogen) atoms. The van der Waals surface area contributed by atoms with E-state index < -0.39 is 10.0 Å². The summed E-state index contributed by atoms with van der Waals surface area (Å²) in [5.41, 5.74) is 0. The average Bonchev–Trinajstić information content (AvgIpc) is 2.73. The molecular formula is C12H17ClN2O2S. The molecular weight excluding hydrogens is 272 g/mol. The van der Waals surface area contributed by atoms with E-state index in [1.165, 1.54) is 24.8 Å². The van der Waals surface area contributed by atoms with E-state index in [0.29, 0.717) is 23.5 Å². The standard InChI is InChI=1S/C12H17ClN2O2S/c1-9-2-3-10(6-9)7-15-18(16,17)11-4-5-12(13)14-8-11/h4-5,8-10,15H,2-3,6-7H2,1H3. The number of rotatable bonds is 4. The second-order valence-corrected chi connectivity index (χ2v) is 7.11. The Morgan fingerprint density at radius 3 is 2.78 bits per heavy atom. The van der Waals surface area contributed by atoms with Crippen LogP contribution in [0.4, 0.5) is 0 Å². The first-order valence-corrected chi connectivity index (χ1v) is 7.95. The Bertz CT molecular complexity index is 501. The van der Waals surface area contributed by atoms with Crippen LogP contribution in [0.15, 0.2) is 23.2 Å². The highest BCUT2D eigenvalue weighted by molar-refractivity contribution is 7.89. The normalized spacial score (nSPS) is 24.3. The summed E-state index contributed by atoms with van der Waals surface area (Å²) in [5, 5.41) is 0.290. The molecule has 2 atom stereocenters. The zero-order chi connectivity index (χ0) is 13.2. The van der Waals surface area contributed by atoms with Gasteiger partial charge in [-0.1, -0.05) is 24.9 Å². The highest BCUT2D eigenvalue weighted by Crippen LogP contribution is 2.29. The molecule has 0 radical (unpaired) electrons. The number of nitrogens with one attached hydrogen (secondary N) is 1. The van der Waals surface area contributed by atoms with Crippen LogP contribution in [0.5, 0.6) is 0 Å². The van der Waals surface area contributed by atoms with Gasteiger partial charge in [0.05, 0.1) is 0 Å². The molecule has 0 aliphatic heterocycles. The molecule has 0 saturated heterocycles. The van der Waals surface area contributed by atoms with Crippen molar-refractivity contribution in [2.75, 3.05) is 6.54 Å². The lowest BCUT2D eigenvalue weighted by Crippen LogP contribution is -2.28. The molecule has 0 spiro atoms. The maximum Gasteiger partial charge on any atom is 0.242 e. The summed E-state index contributed by atoms with van der Waals surface area (Å²) in [5.74, 6) is 1.16. The van der Waals surface area contributed by atoms with Gasteiger partial charge in [-0.25, -0.2) is 18.1 Å². The smallest absolute Gasteiger partial charge is 0.242 e. The molecule has 0 bridgehead atoms. The zero-order valence-corrected chi connectivity index (χ0v) is 11.8. The van der Waals surface area contributed by atoms with E-state index >= 15 is 0 Å². The number of halogens is 1. The number of nitrogens with zero attached hydrogens (tertiary/aromatic N) is 1. The van der Waals surface area contributed by atoms with E-state index in [1.54, 1.807) is 0 Å². The Hall–Kier alpha value is -0.650. The summed E-state index contributed by atoms with van der Waals surface area (Å²) < 4.78 is 26.6. The van der Waals surface area contributed by atoms with Crippen LogP contribution in [-0.2, 0) is 10.0 Å². The van der Waals surface area contributed by atoms with Crippen LogP contribution in [0, 0.1) is 11.8 Å². The van der Waals surface area contributed by atoms with Gasteiger partial charge in [-0.15, -0.1) is 0 Å². The van der Waals surface area contributed by atoms with Crippen LogP contribution in [-0.4, -0.2) is 19.9 Å². The predicted octanol–water partition coefficient (Wildman–Crippen LogP) is 2.45. The minimum Gasteiger partial charge on any atom is -0.243 e. The third-order valence-electron chi connectivity index (χ3n) is 3.38. The van der Waals surface area contributed by atoms with Crippen LogP contribution in [0.3, 0.4) is 0 Å². The van der Waals surface area contributed by atoms with Crippen molar-refractivity contribution in [3.63, 3.8) is 0 Å². The van der Waals surface area contributed by atoms with Crippen LogP contribution < -0.4 is 4.72 Å². The molecule has 0 aromatic carbocycles. The highest BCUT2D eigenvalue weighted by atomic mass is 35.5. The van der Waals surface area contributed by atoms with E-state index in [2.05, 4.69) is 16.6 Å². The first-order chi connectivity index (χ1) is 8.47. The first-order valence-electron chi connectivity index (χ1n) is 6.08. The maximum atomic E-state index is 12.0. The molecule has 1 heterocycles. The molecule has 1 aromatic heterocycles. The van der Waals surface area contributed by atoms with Crippen molar-refractivity contribution in [2.24, 2.45) is 11.8 Å². The summed E-state index contributed by atoms with van der Waals surface area (Å²) in [6, 6.07) is 2.95. The lowest BCUT2D eigenvalue weighted by atomic mass is 10.1. The van der Waals surface area contributed by atoms with Crippen molar-refractivity contribution in [3.8, 4) is 0 Å². The minimum absolute atomic E-state index is 0.165. The number of sulfonamides is 1. The van der Waals surface area contributed by atoms with Gasteiger partial charge in [0.1, 0.15) is 10.0 Å². The molecule has 1 aliphatic carbocycles. The number of hydrogen-bond donors (Lipinski definition) is 1. The Labute approximate surface area is 113 Å². The highest BCUT2D eigenvalue weighted by Gasteiger charge is 2.23. The van der Waals surface area contributed by atoms with Gasteiger partial charge in [-0.2, -0.15) is 0 Å². The van der Waals surface area contributed by atoms with E-state index in [-0.39, 0.29) is 4.90 Å². The van der Waals surface area contributed by atoms with Crippen molar-refractivity contribution in [1.82, 2.24) is 9.71 Å². The Morgan fingerprint density at radius 2 is 2.22 bits per heavy atom. The Morgan fingerprint density at radius 1 is 1.44 bits per heavy atom. The van der Waals surface area contributed by atoms with Gasteiger partial charge in [0.25, 0.3) is 0 Å². The van der Waals surface area contributed by atoms with E-state index in [9.17, 15) is 8.42 Å². The van der Waals surface area contributed by atoms with Crippen molar-refractivity contribution in [3.05, 3.63) is 23.5 Å². The van der Waals surface area contributed by atoms with E-state index in [1.807, 2.05) is 0 Å². The molecule has 6 heteroatoms. The lowest BCUT2D eigenvalue weighted by Gasteiger charge is -2.11. The lowest BCUT2D eigenvalue weighted by molar-refractivity contribution is 0.498. The molecule has 1 aromatic rings. The predicted molar refractivity (Wildman–Crippen MR) is 70.9 cm³/mol. The van der Waals surface area contributed by atoms with Gasteiger partial charge in [-0.3, -0.25) is 0 Å². The molecule has 1 fully saturated rings. The second-order valence-electron chi connectivity index (χ2n) is 4.95. The Balaban J connectivity index is 1.97. The monoisotopic (exact) mass is 288 g/mol.